The number of hydrogen-bond donors (Lipinski definition) is 0. The Hall–Kier alpha value is -0.560. The van der Waals surface area contributed by atoms with E-state index in [9.17, 15) is 0 Å². The van der Waals surface area contributed by atoms with Gasteiger partial charge in [0, 0.05) is 13.0 Å². The standard InChI is InChI=1S/C18H32O/c1-6-9-10-15(8-3)17-11-16(14(4)7-2)12-18(13-17)19-5/h11,15-16,18H,4,6-10,12-13H2,1-3,5H3. The van der Waals surface area contributed by atoms with Crippen LogP contribution in [0.15, 0.2) is 23.8 Å². The van der Waals surface area contributed by atoms with Crippen LogP contribution in [0.3, 0.4) is 0 Å². The minimum absolute atomic E-state index is 0.393. The molecule has 3 unspecified atom stereocenters. The summed E-state index contributed by atoms with van der Waals surface area (Å²) in [7, 11) is 1.85. The van der Waals surface area contributed by atoms with Crippen molar-refractivity contribution in [1.82, 2.24) is 0 Å². The van der Waals surface area contributed by atoms with E-state index in [1.54, 1.807) is 5.57 Å². The lowest BCUT2D eigenvalue weighted by Crippen LogP contribution is -2.24. The Morgan fingerprint density at radius 2 is 2.16 bits per heavy atom. The van der Waals surface area contributed by atoms with E-state index in [2.05, 4.69) is 33.4 Å². The highest BCUT2D eigenvalue weighted by molar-refractivity contribution is 5.21. The number of allylic oxidation sites excluding steroid dienone is 2. The highest BCUT2D eigenvalue weighted by atomic mass is 16.5. The van der Waals surface area contributed by atoms with Crippen molar-refractivity contribution in [2.45, 2.75) is 71.8 Å². The van der Waals surface area contributed by atoms with Crippen molar-refractivity contribution in [2.75, 3.05) is 7.11 Å². The van der Waals surface area contributed by atoms with Crippen LogP contribution in [-0.2, 0) is 4.74 Å². The van der Waals surface area contributed by atoms with Crippen molar-refractivity contribution < 1.29 is 4.74 Å². The molecule has 0 fully saturated rings. The van der Waals surface area contributed by atoms with E-state index in [0.29, 0.717) is 12.0 Å². The molecule has 0 aromatic heterocycles. The van der Waals surface area contributed by atoms with Gasteiger partial charge in [-0.1, -0.05) is 57.4 Å². The second-order valence-corrected chi connectivity index (χ2v) is 5.90. The summed E-state index contributed by atoms with van der Waals surface area (Å²) >= 11 is 0. The van der Waals surface area contributed by atoms with Gasteiger partial charge in [-0.15, -0.1) is 0 Å². The Kier molecular flexibility index (Phi) is 7.45. The fraction of sp³-hybridized carbons (Fsp3) is 0.778. The van der Waals surface area contributed by atoms with Crippen molar-refractivity contribution in [3.05, 3.63) is 23.8 Å². The first-order valence-corrected chi connectivity index (χ1v) is 8.07. The molecule has 0 bridgehead atoms. The second-order valence-electron chi connectivity index (χ2n) is 5.90. The molecule has 0 amide bonds. The summed E-state index contributed by atoms with van der Waals surface area (Å²) in [5.41, 5.74) is 3.00. The highest BCUT2D eigenvalue weighted by Crippen LogP contribution is 2.36. The Labute approximate surface area is 120 Å². The maximum atomic E-state index is 5.66. The van der Waals surface area contributed by atoms with Crippen LogP contribution in [0.1, 0.15) is 65.7 Å². The number of hydrogen-bond acceptors (Lipinski definition) is 1. The SMILES string of the molecule is C=C(CC)C1C=C(C(CC)CCCC)CC(OC)C1. The fourth-order valence-electron chi connectivity index (χ4n) is 3.16. The van der Waals surface area contributed by atoms with Crippen LogP contribution in [-0.4, -0.2) is 13.2 Å². The molecule has 1 heteroatoms. The molecule has 1 nitrogen and oxygen atoms in total. The molecule has 0 aromatic carbocycles. The lowest BCUT2D eigenvalue weighted by molar-refractivity contribution is 0.0807. The van der Waals surface area contributed by atoms with Crippen molar-refractivity contribution in [3.63, 3.8) is 0 Å². The van der Waals surface area contributed by atoms with Crippen LogP contribution < -0.4 is 0 Å². The van der Waals surface area contributed by atoms with Gasteiger partial charge in [-0.25, -0.2) is 0 Å². The molecule has 110 valence electrons. The van der Waals surface area contributed by atoms with Crippen LogP contribution in [0, 0.1) is 11.8 Å². The molecule has 1 aliphatic rings. The number of unbranched alkanes of at least 4 members (excludes halogenated alkanes) is 1. The Bertz CT molecular complexity index is 303. The highest BCUT2D eigenvalue weighted by Gasteiger charge is 2.26. The van der Waals surface area contributed by atoms with Gasteiger partial charge in [0.05, 0.1) is 6.10 Å². The van der Waals surface area contributed by atoms with Crippen LogP contribution in [0.4, 0.5) is 0 Å². The molecule has 0 N–H and O–H groups in total. The lowest BCUT2D eigenvalue weighted by Gasteiger charge is -2.32. The molecule has 0 saturated heterocycles. The van der Waals surface area contributed by atoms with E-state index in [-0.39, 0.29) is 0 Å². The van der Waals surface area contributed by atoms with Gasteiger partial charge in [-0.3, -0.25) is 0 Å². The van der Waals surface area contributed by atoms with Gasteiger partial charge in [0.1, 0.15) is 0 Å². The summed E-state index contributed by atoms with van der Waals surface area (Å²) < 4.78 is 5.66. The predicted molar refractivity (Wildman–Crippen MR) is 84.3 cm³/mol. The normalized spacial score (nSPS) is 24.9. The van der Waals surface area contributed by atoms with Crippen LogP contribution in [0.5, 0.6) is 0 Å². The molecule has 3 atom stereocenters. The van der Waals surface area contributed by atoms with Crippen LogP contribution >= 0.6 is 0 Å². The first kappa shape index (κ1) is 16.5. The van der Waals surface area contributed by atoms with Crippen LogP contribution in [0.2, 0.25) is 0 Å². The molecule has 0 aromatic rings. The summed E-state index contributed by atoms with van der Waals surface area (Å²) in [5, 5.41) is 0. The van der Waals surface area contributed by atoms with Gasteiger partial charge in [-0.2, -0.15) is 0 Å². The average molecular weight is 264 g/mol. The quantitative estimate of drug-likeness (QED) is 0.524. The largest absolute Gasteiger partial charge is 0.381 e. The zero-order valence-electron chi connectivity index (χ0n) is 13.4. The summed E-state index contributed by atoms with van der Waals surface area (Å²) in [6, 6.07) is 0. The lowest BCUT2D eigenvalue weighted by atomic mass is 9.77. The molecule has 0 heterocycles. The Morgan fingerprint density at radius 3 is 2.68 bits per heavy atom. The Balaban J connectivity index is 2.81. The van der Waals surface area contributed by atoms with Gasteiger partial charge in [-0.05, 0) is 38.0 Å². The molecule has 1 aliphatic carbocycles. The van der Waals surface area contributed by atoms with Crippen molar-refractivity contribution in [3.8, 4) is 0 Å². The smallest absolute Gasteiger partial charge is 0.0617 e. The molecule has 0 saturated carbocycles. The summed E-state index contributed by atoms with van der Waals surface area (Å²) in [6.07, 6.45) is 11.5. The van der Waals surface area contributed by atoms with Gasteiger partial charge >= 0.3 is 0 Å². The number of rotatable bonds is 8. The first-order valence-electron chi connectivity index (χ1n) is 8.07. The topological polar surface area (TPSA) is 9.23 Å². The number of ether oxygens (including phenoxy) is 1. The van der Waals surface area contributed by atoms with E-state index in [1.165, 1.54) is 31.3 Å². The third-order valence-electron chi connectivity index (χ3n) is 4.63. The monoisotopic (exact) mass is 264 g/mol. The molecular formula is C18H32O. The van der Waals surface area contributed by atoms with Crippen LogP contribution in [0.25, 0.3) is 0 Å². The minimum Gasteiger partial charge on any atom is -0.381 e. The summed E-state index contributed by atoms with van der Waals surface area (Å²) in [6.45, 7) is 11.1. The number of methoxy groups -OCH3 is 1. The molecule has 0 spiro atoms. The maximum Gasteiger partial charge on any atom is 0.0617 e. The molecule has 0 aliphatic heterocycles. The van der Waals surface area contributed by atoms with E-state index >= 15 is 0 Å². The van der Waals surface area contributed by atoms with E-state index in [0.717, 1.165) is 25.2 Å². The minimum atomic E-state index is 0.393. The van der Waals surface area contributed by atoms with E-state index in [4.69, 9.17) is 4.74 Å². The van der Waals surface area contributed by atoms with Gasteiger partial charge in [0.15, 0.2) is 0 Å². The van der Waals surface area contributed by atoms with Crippen molar-refractivity contribution >= 4 is 0 Å². The average Bonchev–Trinajstić information content (AvgIpc) is 2.46. The summed E-state index contributed by atoms with van der Waals surface area (Å²) in [4.78, 5) is 0. The molecule has 19 heavy (non-hydrogen) atoms. The van der Waals surface area contributed by atoms with E-state index in [1.807, 2.05) is 7.11 Å². The maximum absolute atomic E-state index is 5.66. The van der Waals surface area contributed by atoms with Gasteiger partial charge < -0.3 is 4.74 Å². The molecular weight excluding hydrogens is 232 g/mol. The fourth-order valence-corrected chi connectivity index (χ4v) is 3.16. The third-order valence-corrected chi connectivity index (χ3v) is 4.63. The second kappa shape index (κ2) is 8.58. The molecule has 0 radical (unpaired) electrons. The van der Waals surface area contributed by atoms with Gasteiger partial charge in [0.25, 0.3) is 0 Å². The van der Waals surface area contributed by atoms with Crippen molar-refractivity contribution in [2.24, 2.45) is 11.8 Å². The van der Waals surface area contributed by atoms with Crippen molar-refractivity contribution in [1.29, 1.82) is 0 Å². The van der Waals surface area contributed by atoms with Gasteiger partial charge in [0.2, 0.25) is 0 Å². The third kappa shape index (κ3) is 4.80. The summed E-state index contributed by atoms with van der Waals surface area (Å²) in [5.74, 6) is 1.29. The molecule has 1 rings (SSSR count). The Morgan fingerprint density at radius 1 is 1.42 bits per heavy atom. The predicted octanol–water partition coefficient (Wildman–Crippen LogP) is 5.52. The zero-order chi connectivity index (χ0) is 14.3. The van der Waals surface area contributed by atoms with E-state index < -0.39 is 0 Å². The first-order chi connectivity index (χ1) is 9.15. The zero-order valence-corrected chi connectivity index (χ0v) is 13.4.